The van der Waals surface area contributed by atoms with Crippen LogP contribution in [-0.2, 0) is 0 Å². The standard InChI is InChI=1S/C21H30N6O/c1-17-16-20(23-21(22-17)27-10-8-24(2)9-11-27)26-14-12-25(13-15-26)18-6-4-5-7-19(18)28-3/h4-7,16H,8-15H2,1-3H3. The fraction of sp³-hybridized carbons (Fsp3) is 0.524. The molecule has 0 saturated carbocycles. The van der Waals surface area contributed by atoms with Crippen LogP contribution in [-0.4, -0.2) is 81.4 Å². The number of rotatable bonds is 4. The highest BCUT2D eigenvalue weighted by Crippen LogP contribution is 2.29. The summed E-state index contributed by atoms with van der Waals surface area (Å²) >= 11 is 0. The fourth-order valence-corrected chi connectivity index (χ4v) is 3.91. The average Bonchev–Trinajstić information content (AvgIpc) is 2.74. The number of aromatic nitrogens is 2. The maximum atomic E-state index is 5.53. The normalized spacial score (nSPS) is 18.5. The molecule has 0 aliphatic carbocycles. The van der Waals surface area contributed by atoms with Crippen LogP contribution in [0.3, 0.4) is 0 Å². The molecule has 2 aliphatic rings. The van der Waals surface area contributed by atoms with Crippen LogP contribution < -0.4 is 19.4 Å². The van der Waals surface area contributed by atoms with E-state index in [-0.39, 0.29) is 0 Å². The van der Waals surface area contributed by atoms with Gasteiger partial charge in [0.15, 0.2) is 0 Å². The van der Waals surface area contributed by atoms with Gasteiger partial charge in [-0.1, -0.05) is 12.1 Å². The SMILES string of the molecule is COc1ccccc1N1CCN(c2cc(C)nc(N3CCN(C)CC3)n2)CC1. The van der Waals surface area contributed by atoms with Gasteiger partial charge in [0.25, 0.3) is 0 Å². The van der Waals surface area contributed by atoms with Gasteiger partial charge in [0, 0.05) is 64.1 Å². The highest BCUT2D eigenvalue weighted by Gasteiger charge is 2.23. The predicted molar refractivity (Wildman–Crippen MR) is 114 cm³/mol. The van der Waals surface area contributed by atoms with Crippen LogP contribution in [0.1, 0.15) is 5.69 Å². The number of hydrogen-bond donors (Lipinski definition) is 0. The van der Waals surface area contributed by atoms with Crippen LogP contribution >= 0.6 is 0 Å². The molecule has 0 spiro atoms. The third-order valence-electron chi connectivity index (χ3n) is 5.64. The minimum absolute atomic E-state index is 0.871. The van der Waals surface area contributed by atoms with Crippen LogP contribution in [0.25, 0.3) is 0 Å². The molecule has 0 amide bonds. The molecule has 2 fully saturated rings. The number of aryl methyl sites for hydroxylation is 1. The van der Waals surface area contributed by atoms with Gasteiger partial charge in [-0.05, 0) is 26.1 Å². The van der Waals surface area contributed by atoms with Crippen LogP contribution in [0.2, 0.25) is 0 Å². The average molecular weight is 383 g/mol. The van der Waals surface area contributed by atoms with Gasteiger partial charge in [0.1, 0.15) is 11.6 Å². The first kappa shape index (κ1) is 18.8. The number of para-hydroxylation sites is 2. The van der Waals surface area contributed by atoms with Gasteiger partial charge in [-0.25, -0.2) is 4.98 Å². The lowest BCUT2D eigenvalue weighted by Crippen LogP contribution is -2.47. The van der Waals surface area contributed by atoms with Crippen molar-refractivity contribution in [2.45, 2.75) is 6.92 Å². The highest BCUT2D eigenvalue weighted by molar-refractivity contribution is 5.59. The molecule has 0 bridgehead atoms. The molecule has 1 aromatic carbocycles. The van der Waals surface area contributed by atoms with Gasteiger partial charge >= 0.3 is 0 Å². The number of nitrogens with zero attached hydrogens (tertiary/aromatic N) is 6. The first-order valence-electron chi connectivity index (χ1n) is 10.1. The Morgan fingerprint density at radius 1 is 0.821 bits per heavy atom. The van der Waals surface area contributed by atoms with Crippen molar-refractivity contribution in [3.8, 4) is 5.75 Å². The van der Waals surface area contributed by atoms with E-state index < -0.39 is 0 Å². The molecule has 1 aromatic heterocycles. The molecular weight excluding hydrogens is 352 g/mol. The topological polar surface area (TPSA) is 48.0 Å². The van der Waals surface area contributed by atoms with Crippen molar-refractivity contribution in [2.24, 2.45) is 0 Å². The molecule has 2 aromatic rings. The van der Waals surface area contributed by atoms with Gasteiger partial charge < -0.3 is 24.3 Å². The second-order valence-corrected chi connectivity index (χ2v) is 7.60. The van der Waals surface area contributed by atoms with Crippen molar-refractivity contribution in [3.63, 3.8) is 0 Å². The van der Waals surface area contributed by atoms with Crippen molar-refractivity contribution in [2.75, 3.05) is 81.2 Å². The van der Waals surface area contributed by atoms with Gasteiger partial charge in [0.2, 0.25) is 5.95 Å². The summed E-state index contributed by atoms with van der Waals surface area (Å²) in [4.78, 5) is 19.0. The number of likely N-dealkylation sites (N-methyl/N-ethyl adjacent to an activating group) is 1. The summed E-state index contributed by atoms with van der Waals surface area (Å²) in [5.74, 6) is 2.85. The van der Waals surface area contributed by atoms with Crippen LogP contribution in [0.5, 0.6) is 5.75 Å². The van der Waals surface area contributed by atoms with E-state index in [9.17, 15) is 0 Å². The Kier molecular flexibility index (Phi) is 5.52. The molecule has 3 heterocycles. The van der Waals surface area contributed by atoms with Crippen molar-refractivity contribution in [1.29, 1.82) is 0 Å². The molecule has 4 rings (SSSR count). The summed E-state index contributed by atoms with van der Waals surface area (Å²) < 4.78 is 5.53. The molecule has 7 heteroatoms. The van der Waals surface area contributed by atoms with E-state index in [1.807, 2.05) is 12.1 Å². The van der Waals surface area contributed by atoms with E-state index in [2.05, 4.69) is 51.8 Å². The third-order valence-corrected chi connectivity index (χ3v) is 5.64. The second kappa shape index (κ2) is 8.22. The third kappa shape index (κ3) is 3.99. The van der Waals surface area contributed by atoms with Crippen LogP contribution in [0.15, 0.2) is 30.3 Å². The van der Waals surface area contributed by atoms with Gasteiger partial charge in [0.05, 0.1) is 12.8 Å². The Hall–Kier alpha value is -2.54. The Morgan fingerprint density at radius 2 is 1.46 bits per heavy atom. The zero-order valence-corrected chi connectivity index (χ0v) is 17.1. The van der Waals surface area contributed by atoms with Crippen molar-refractivity contribution < 1.29 is 4.74 Å². The van der Waals surface area contributed by atoms with Crippen molar-refractivity contribution in [1.82, 2.24) is 14.9 Å². The number of benzene rings is 1. The lowest BCUT2D eigenvalue weighted by Gasteiger charge is -2.38. The van der Waals surface area contributed by atoms with E-state index in [0.717, 1.165) is 75.6 Å². The summed E-state index contributed by atoms with van der Waals surface area (Å²) in [6.45, 7) is 9.94. The largest absolute Gasteiger partial charge is 0.495 e. The van der Waals surface area contributed by atoms with Crippen LogP contribution in [0.4, 0.5) is 17.5 Å². The van der Waals surface area contributed by atoms with E-state index in [1.54, 1.807) is 7.11 Å². The molecule has 2 saturated heterocycles. The fourth-order valence-electron chi connectivity index (χ4n) is 3.91. The molecule has 0 N–H and O–H groups in total. The maximum absolute atomic E-state index is 5.53. The van der Waals surface area contributed by atoms with E-state index in [4.69, 9.17) is 14.7 Å². The number of piperazine rings is 2. The minimum atomic E-state index is 0.871. The zero-order chi connectivity index (χ0) is 19.5. The predicted octanol–water partition coefficient (Wildman–Crippen LogP) is 1.87. The molecule has 0 unspecified atom stereocenters. The van der Waals surface area contributed by atoms with Gasteiger partial charge in [-0.15, -0.1) is 0 Å². The summed E-state index contributed by atoms with van der Waals surface area (Å²) in [5, 5.41) is 0. The lowest BCUT2D eigenvalue weighted by molar-refractivity contribution is 0.311. The van der Waals surface area contributed by atoms with E-state index >= 15 is 0 Å². The Bertz CT molecular complexity index is 797. The number of methoxy groups -OCH3 is 1. The molecule has 0 radical (unpaired) electrons. The first-order chi connectivity index (χ1) is 13.6. The monoisotopic (exact) mass is 382 g/mol. The zero-order valence-electron chi connectivity index (χ0n) is 17.1. The molecular formula is C21H30N6O. The van der Waals surface area contributed by atoms with Crippen molar-refractivity contribution in [3.05, 3.63) is 36.0 Å². The summed E-state index contributed by atoms with van der Waals surface area (Å²) in [7, 11) is 3.90. The molecule has 0 atom stereocenters. The van der Waals surface area contributed by atoms with Gasteiger partial charge in [-0.2, -0.15) is 4.98 Å². The second-order valence-electron chi connectivity index (χ2n) is 7.60. The van der Waals surface area contributed by atoms with E-state index in [0.29, 0.717) is 0 Å². The number of ether oxygens (including phenoxy) is 1. The van der Waals surface area contributed by atoms with Crippen LogP contribution in [0, 0.1) is 6.92 Å². The maximum Gasteiger partial charge on any atom is 0.227 e. The minimum Gasteiger partial charge on any atom is -0.495 e. The van der Waals surface area contributed by atoms with E-state index in [1.165, 1.54) is 5.69 Å². The highest BCUT2D eigenvalue weighted by atomic mass is 16.5. The lowest BCUT2D eigenvalue weighted by atomic mass is 10.2. The molecule has 28 heavy (non-hydrogen) atoms. The summed E-state index contributed by atoms with van der Waals surface area (Å²) in [5.41, 5.74) is 2.20. The van der Waals surface area contributed by atoms with Gasteiger partial charge in [-0.3, -0.25) is 0 Å². The molecule has 7 nitrogen and oxygen atoms in total. The summed E-state index contributed by atoms with van der Waals surface area (Å²) in [6, 6.07) is 10.4. The Balaban J connectivity index is 1.46. The molecule has 150 valence electrons. The molecule has 2 aliphatic heterocycles. The Morgan fingerprint density at radius 3 is 2.18 bits per heavy atom. The number of anilines is 3. The van der Waals surface area contributed by atoms with Crippen molar-refractivity contribution >= 4 is 17.5 Å². The first-order valence-corrected chi connectivity index (χ1v) is 10.1. The Labute approximate surface area is 167 Å². The number of hydrogen-bond acceptors (Lipinski definition) is 7. The smallest absolute Gasteiger partial charge is 0.227 e. The summed E-state index contributed by atoms with van der Waals surface area (Å²) in [6.07, 6.45) is 0. The quantitative estimate of drug-likeness (QED) is 0.800.